The number of nitrogens with one attached hydrogen (secondary N) is 1. The summed E-state index contributed by atoms with van der Waals surface area (Å²) in [6.07, 6.45) is 0. The molecule has 1 N–H and O–H groups in total. The standard InChI is InChI=1S/C17H17ClFNO/c1-17(2,3)13-6-4-5-7-15(13)20-16(21)12-10-11(18)8-9-14(12)19/h4-10H,1-3H3,(H,20,21). The Morgan fingerprint density at radius 1 is 1.14 bits per heavy atom. The predicted molar refractivity (Wildman–Crippen MR) is 84.5 cm³/mol. The maximum absolute atomic E-state index is 13.7. The van der Waals surface area contributed by atoms with E-state index in [0.29, 0.717) is 10.7 Å². The molecule has 0 bridgehead atoms. The summed E-state index contributed by atoms with van der Waals surface area (Å²) in [6, 6.07) is 11.4. The first-order valence-corrected chi connectivity index (χ1v) is 7.03. The number of para-hydroxylation sites is 1. The molecule has 2 nitrogen and oxygen atoms in total. The molecule has 0 aliphatic rings. The van der Waals surface area contributed by atoms with Gasteiger partial charge in [-0.25, -0.2) is 4.39 Å². The molecule has 0 atom stereocenters. The van der Waals surface area contributed by atoms with Crippen molar-refractivity contribution in [3.05, 3.63) is 64.4 Å². The quantitative estimate of drug-likeness (QED) is 0.828. The molecule has 2 aromatic rings. The molecule has 110 valence electrons. The van der Waals surface area contributed by atoms with E-state index in [1.807, 2.05) is 18.2 Å². The van der Waals surface area contributed by atoms with Crippen molar-refractivity contribution < 1.29 is 9.18 Å². The van der Waals surface area contributed by atoms with Crippen LogP contribution in [-0.2, 0) is 5.41 Å². The van der Waals surface area contributed by atoms with Crippen LogP contribution in [0.4, 0.5) is 10.1 Å². The van der Waals surface area contributed by atoms with Crippen LogP contribution in [0.3, 0.4) is 0 Å². The highest BCUT2D eigenvalue weighted by Gasteiger charge is 2.20. The van der Waals surface area contributed by atoms with Gasteiger partial charge in [0.25, 0.3) is 5.91 Å². The van der Waals surface area contributed by atoms with Crippen LogP contribution >= 0.6 is 11.6 Å². The third kappa shape index (κ3) is 3.61. The highest BCUT2D eigenvalue weighted by atomic mass is 35.5. The molecule has 0 heterocycles. The Labute approximate surface area is 128 Å². The van der Waals surface area contributed by atoms with Crippen LogP contribution < -0.4 is 5.32 Å². The lowest BCUT2D eigenvalue weighted by molar-refractivity contribution is 0.102. The Morgan fingerprint density at radius 2 is 1.81 bits per heavy atom. The van der Waals surface area contributed by atoms with Crippen LogP contribution in [0, 0.1) is 5.82 Å². The average molecular weight is 306 g/mol. The molecule has 21 heavy (non-hydrogen) atoms. The number of hydrogen-bond donors (Lipinski definition) is 1. The van der Waals surface area contributed by atoms with Gasteiger partial charge in [-0.3, -0.25) is 4.79 Å². The molecule has 1 amide bonds. The van der Waals surface area contributed by atoms with Gasteiger partial charge in [-0.05, 0) is 35.2 Å². The number of halogens is 2. The number of anilines is 1. The predicted octanol–water partition coefficient (Wildman–Crippen LogP) is 5.03. The van der Waals surface area contributed by atoms with Crippen LogP contribution in [0.1, 0.15) is 36.7 Å². The van der Waals surface area contributed by atoms with Crippen LogP contribution in [0.5, 0.6) is 0 Å². The van der Waals surface area contributed by atoms with Crippen molar-refractivity contribution in [2.45, 2.75) is 26.2 Å². The molecule has 0 unspecified atom stereocenters. The average Bonchev–Trinajstić information content (AvgIpc) is 2.41. The SMILES string of the molecule is CC(C)(C)c1ccccc1NC(=O)c1cc(Cl)ccc1F. The summed E-state index contributed by atoms with van der Waals surface area (Å²) < 4.78 is 13.7. The maximum Gasteiger partial charge on any atom is 0.258 e. The Morgan fingerprint density at radius 3 is 2.48 bits per heavy atom. The van der Waals surface area contributed by atoms with Gasteiger partial charge in [0.1, 0.15) is 5.82 Å². The highest BCUT2D eigenvalue weighted by Crippen LogP contribution is 2.29. The van der Waals surface area contributed by atoms with E-state index >= 15 is 0 Å². The second kappa shape index (κ2) is 5.86. The molecule has 0 fully saturated rings. The summed E-state index contributed by atoms with van der Waals surface area (Å²) in [5.41, 5.74) is 1.47. The van der Waals surface area contributed by atoms with Crippen LogP contribution in [0.2, 0.25) is 5.02 Å². The summed E-state index contributed by atoms with van der Waals surface area (Å²) in [4.78, 5) is 12.3. The van der Waals surface area contributed by atoms with Gasteiger partial charge in [0, 0.05) is 10.7 Å². The Kier molecular flexibility index (Phi) is 4.33. The molecule has 4 heteroatoms. The number of benzene rings is 2. The molecule has 2 rings (SSSR count). The first-order chi connectivity index (χ1) is 9.79. The molecule has 0 spiro atoms. The van der Waals surface area contributed by atoms with Crippen molar-refractivity contribution in [2.24, 2.45) is 0 Å². The fourth-order valence-corrected chi connectivity index (χ4v) is 2.28. The van der Waals surface area contributed by atoms with E-state index in [2.05, 4.69) is 26.1 Å². The molecule has 0 aliphatic carbocycles. The maximum atomic E-state index is 13.7. The van der Waals surface area contributed by atoms with Crippen molar-refractivity contribution in [3.63, 3.8) is 0 Å². The van der Waals surface area contributed by atoms with Gasteiger partial charge in [0.05, 0.1) is 5.56 Å². The van der Waals surface area contributed by atoms with Crippen molar-refractivity contribution >= 4 is 23.2 Å². The molecule has 0 aromatic heterocycles. The first-order valence-electron chi connectivity index (χ1n) is 6.65. The summed E-state index contributed by atoms with van der Waals surface area (Å²) in [6.45, 7) is 6.16. The normalized spacial score (nSPS) is 11.3. The van der Waals surface area contributed by atoms with E-state index < -0.39 is 11.7 Å². The van der Waals surface area contributed by atoms with Gasteiger partial charge in [0.2, 0.25) is 0 Å². The zero-order chi connectivity index (χ0) is 15.6. The van der Waals surface area contributed by atoms with Gasteiger partial charge in [-0.1, -0.05) is 50.6 Å². The van der Waals surface area contributed by atoms with Crippen LogP contribution in [-0.4, -0.2) is 5.91 Å². The summed E-state index contributed by atoms with van der Waals surface area (Å²) in [7, 11) is 0. The smallest absolute Gasteiger partial charge is 0.258 e. The minimum Gasteiger partial charge on any atom is -0.322 e. The fraction of sp³-hybridized carbons (Fsp3) is 0.235. The Balaban J connectivity index is 2.35. The number of rotatable bonds is 2. The number of hydrogen-bond acceptors (Lipinski definition) is 1. The summed E-state index contributed by atoms with van der Waals surface area (Å²) in [5, 5.41) is 3.09. The van der Waals surface area contributed by atoms with E-state index in [4.69, 9.17) is 11.6 Å². The van der Waals surface area contributed by atoms with Crippen LogP contribution in [0.25, 0.3) is 0 Å². The minimum absolute atomic E-state index is 0.0637. The van der Waals surface area contributed by atoms with Gasteiger partial charge < -0.3 is 5.32 Å². The second-order valence-corrected chi connectivity index (χ2v) is 6.31. The zero-order valence-electron chi connectivity index (χ0n) is 12.2. The third-order valence-electron chi connectivity index (χ3n) is 3.16. The lowest BCUT2D eigenvalue weighted by atomic mass is 9.86. The molecule has 0 radical (unpaired) electrons. The topological polar surface area (TPSA) is 29.1 Å². The van der Waals surface area contributed by atoms with Crippen molar-refractivity contribution in [1.29, 1.82) is 0 Å². The van der Waals surface area contributed by atoms with E-state index in [-0.39, 0.29) is 11.0 Å². The number of carbonyl (C=O) groups excluding carboxylic acids is 1. The Hall–Kier alpha value is -1.87. The molecular formula is C17H17ClFNO. The first kappa shape index (κ1) is 15.5. The highest BCUT2D eigenvalue weighted by molar-refractivity contribution is 6.31. The van der Waals surface area contributed by atoms with Gasteiger partial charge in [-0.15, -0.1) is 0 Å². The van der Waals surface area contributed by atoms with Gasteiger partial charge >= 0.3 is 0 Å². The number of carbonyl (C=O) groups is 1. The second-order valence-electron chi connectivity index (χ2n) is 5.87. The molecule has 0 saturated carbocycles. The largest absolute Gasteiger partial charge is 0.322 e. The molecule has 2 aromatic carbocycles. The lowest BCUT2D eigenvalue weighted by Crippen LogP contribution is -2.19. The minimum atomic E-state index is -0.592. The van der Waals surface area contributed by atoms with E-state index in [1.54, 1.807) is 6.07 Å². The van der Waals surface area contributed by atoms with E-state index in [1.165, 1.54) is 18.2 Å². The zero-order valence-corrected chi connectivity index (χ0v) is 13.0. The summed E-state index contributed by atoms with van der Waals surface area (Å²) >= 11 is 5.82. The van der Waals surface area contributed by atoms with Gasteiger partial charge in [0.15, 0.2) is 0 Å². The van der Waals surface area contributed by atoms with Crippen molar-refractivity contribution in [2.75, 3.05) is 5.32 Å². The van der Waals surface area contributed by atoms with Crippen LogP contribution in [0.15, 0.2) is 42.5 Å². The molecule has 0 saturated heterocycles. The molecule has 0 aliphatic heterocycles. The molecular weight excluding hydrogens is 289 g/mol. The fourth-order valence-electron chi connectivity index (χ4n) is 2.11. The monoisotopic (exact) mass is 305 g/mol. The Bertz CT molecular complexity index is 677. The summed E-state index contributed by atoms with van der Waals surface area (Å²) in [5.74, 6) is -1.10. The number of amides is 1. The van der Waals surface area contributed by atoms with Crippen molar-refractivity contribution in [1.82, 2.24) is 0 Å². The van der Waals surface area contributed by atoms with Crippen molar-refractivity contribution in [3.8, 4) is 0 Å². The third-order valence-corrected chi connectivity index (χ3v) is 3.39. The lowest BCUT2D eigenvalue weighted by Gasteiger charge is -2.23. The van der Waals surface area contributed by atoms with E-state index in [9.17, 15) is 9.18 Å². The van der Waals surface area contributed by atoms with Gasteiger partial charge in [-0.2, -0.15) is 0 Å². The van der Waals surface area contributed by atoms with E-state index in [0.717, 1.165) is 5.56 Å².